The van der Waals surface area contributed by atoms with Crippen LogP contribution in [0.1, 0.15) is 11.1 Å². The first-order valence-electron chi connectivity index (χ1n) is 7.17. The third-order valence-corrected chi connectivity index (χ3v) is 4.76. The third-order valence-electron chi connectivity index (χ3n) is 3.63. The zero-order chi connectivity index (χ0) is 15.6. The summed E-state index contributed by atoms with van der Waals surface area (Å²) in [4.78, 5) is 4.36. The lowest BCUT2D eigenvalue weighted by Crippen LogP contribution is -2.10. The number of hydrogen-bond acceptors (Lipinski definition) is 5. The van der Waals surface area contributed by atoms with E-state index in [4.69, 9.17) is 4.74 Å². The highest BCUT2D eigenvalue weighted by atomic mass is 32.2. The van der Waals surface area contributed by atoms with Gasteiger partial charge in [-0.05, 0) is 35.7 Å². The van der Waals surface area contributed by atoms with Crippen molar-refractivity contribution in [1.82, 2.24) is 4.98 Å². The number of hydrogen-bond donors (Lipinski definition) is 1. The summed E-state index contributed by atoms with van der Waals surface area (Å²) in [5.74, 6) is 1.38. The van der Waals surface area contributed by atoms with Crippen molar-refractivity contribution in [2.45, 2.75) is 17.7 Å². The van der Waals surface area contributed by atoms with Gasteiger partial charge >= 0.3 is 0 Å². The lowest BCUT2D eigenvalue weighted by Gasteiger charge is -2.10. The summed E-state index contributed by atoms with van der Waals surface area (Å²) in [7, 11) is -3.28. The first-order chi connectivity index (χ1) is 10.5. The summed E-state index contributed by atoms with van der Waals surface area (Å²) in [5, 5.41) is 3.11. The van der Waals surface area contributed by atoms with Crippen LogP contribution in [0, 0.1) is 0 Å². The molecule has 116 valence electrons. The standard InChI is InChI=1S/C16H18N2O3S/c1-22(19,20)15-3-2-8-17-16(15)18-9-6-12-4-5-14-13(11-12)7-10-21-14/h2-5,8,11H,6-7,9-10H2,1H3,(H,17,18). The molecule has 0 spiro atoms. The summed E-state index contributed by atoms with van der Waals surface area (Å²) >= 11 is 0. The van der Waals surface area contributed by atoms with Crippen molar-refractivity contribution in [2.75, 3.05) is 24.7 Å². The fraction of sp³-hybridized carbons (Fsp3) is 0.312. The molecule has 3 rings (SSSR count). The molecular formula is C16H18N2O3S. The average molecular weight is 318 g/mol. The van der Waals surface area contributed by atoms with Gasteiger partial charge in [-0.2, -0.15) is 0 Å². The highest BCUT2D eigenvalue weighted by molar-refractivity contribution is 7.90. The zero-order valence-corrected chi connectivity index (χ0v) is 13.2. The van der Waals surface area contributed by atoms with Crippen LogP contribution in [0.5, 0.6) is 5.75 Å². The molecule has 2 aromatic rings. The van der Waals surface area contributed by atoms with Crippen LogP contribution >= 0.6 is 0 Å². The molecule has 2 heterocycles. The minimum atomic E-state index is -3.28. The summed E-state index contributed by atoms with van der Waals surface area (Å²) in [6, 6.07) is 9.39. The first kappa shape index (κ1) is 14.8. The number of nitrogens with zero attached hydrogens (tertiary/aromatic N) is 1. The molecule has 0 fully saturated rings. The highest BCUT2D eigenvalue weighted by Gasteiger charge is 2.14. The van der Waals surface area contributed by atoms with Crippen LogP contribution in [-0.2, 0) is 22.7 Å². The molecule has 0 saturated carbocycles. The maximum absolute atomic E-state index is 11.7. The Morgan fingerprint density at radius 3 is 3.00 bits per heavy atom. The first-order valence-corrected chi connectivity index (χ1v) is 9.07. The number of sulfone groups is 1. The molecular weight excluding hydrogens is 300 g/mol. The Balaban J connectivity index is 1.67. The van der Waals surface area contributed by atoms with Crippen molar-refractivity contribution in [1.29, 1.82) is 0 Å². The van der Waals surface area contributed by atoms with Crippen molar-refractivity contribution in [3.63, 3.8) is 0 Å². The number of ether oxygens (including phenoxy) is 1. The second-order valence-electron chi connectivity index (χ2n) is 5.34. The Morgan fingerprint density at radius 2 is 2.18 bits per heavy atom. The number of aromatic nitrogens is 1. The van der Waals surface area contributed by atoms with E-state index < -0.39 is 9.84 Å². The summed E-state index contributed by atoms with van der Waals surface area (Å²) in [5.41, 5.74) is 2.45. The predicted molar refractivity (Wildman–Crippen MR) is 85.2 cm³/mol. The Hall–Kier alpha value is -2.08. The summed E-state index contributed by atoms with van der Waals surface area (Å²) < 4.78 is 28.9. The van der Waals surface area contributed by atoms with E-state index in [1.807, 2.05) is 12.1 Å². The van der Waals surface area contributed by atoms with Gasteiger partial charge in [-0.15, -0.1) is 0 Å². The number of rotatable bonds is 5. The van der Waals surface area contributed by atoms with E-state index in [1.54, 1.807) is 18.3 Å². The lowest BCUT2D eigenvalue weighted by atomic mass is 10.1. The molecule has 0 unspecified atom stereocenters. The molecule has 5 nitrogen and oxygen atoms in total. The smallest absolute Gasteiger partial charge is 0.179 e. The number of anilines is 1. The molecule has 0 aliphatic carbocycles. The fourth-order valence-corrected chi connectivity index (χ4v) is 3.35. The van der Waals surface area contributed by atoms with Crippen LogP contribution in [0.15, 0.2) is 41.4 Å². The molecule has 0 saturated heterocycles. The minimum absolute atomic E-state index is 0.234. The van der Waals surface area contributed by atoms with Crippen molar-refractivity contribution in [2.24, 2.45) is 0 Å². The Kier molecular flexibility index (Phi) is 4.02. The normalized spacial score (nSPS) is 13.5. The molecule has 1 aliphatic heterocycles. The molecule has 0 bridgehead atoms. The van der Waals surface area contributed by atoms with Gasteiger partial charge in [0.2, 0.25) is 0 Å². The van der Waals surface area contributed by atoms with Crippen LogP contribution in [-0.4, -0.2) is 32.8 Å². The number of pyridine rings is 1. The second-order valence-corrected chi connectivity index (χ2v) is 7.32. The van der Waals surface area contributed by atoms with Gasteiger partial charge in [-0.3, -0.25) is 0 Å². The molecule has 1 N–H and O–H groups in total. The summed E-state index contributed by atoms with van der Waals surface area (Å²) in [6.45, 7) is 1.38. The molecule has 0 atom stereocenters. The minimum Gasteiger partial charge on any atom is -0.493 e. The van der Waals surface area contributed by atoms with E-state index in [-0.39, 0.29) is 4.90 Å². The van der Waals surface area contributed by atoms with E-state index in [0.29, 0.717) is 12.4 Å². The van der Waals surface area contributed by atoms with Crippen LogP contribution in [0.25, 0.3) is 0 Å². The van der Waals surface area contributed by atoms with Gasteiger partial charge in [-0.25, -0.2) is 13.4 Å². The van der Waals surface area contributed by atoms with Crippen LogP contribution in [0.4, 0.5) is 5.82 Å². The van der Waals surface area contributed by atoms with Gasteiger partial charge in [0.1, 0.15) is 16.5 Å². The SMILES string of the molecule is CS(=O)(=O)c1cccnc1NCCc1ccc2c(c1)CCO2. The number of benzene rings is 1. The highest BCUT2D eigenvalue weighted by Crippen LogP contribution is 2.26. The van der Waals surface area contributed by atoms with E-state index in [1.165, 1.54) is 17.4 Å². The van der Waals surface area contributed by atoms with E-state index in [0.717, 1.165) is 25.2 Å². The van der Waals surface area contributed by atoms with Crippen molar-refractivity contribution in [3.8, 4) is 5.75 Å². The Bertz CT molecular complexity index is 788. The molecule has 22 heavy (non-hydrogen) atoms. The monoisotopic (exact) mass is 318 g/mol. The Morgan fingerprint density at radius 1 is 1.32 bits per heavy atom. The number of nitrogens with one attached hydrogen (secondary N) is 1. The van der Waals surface area contributed by atoms with Gasteiger partial charge in [0, 0.05) is 25.4 Å². The van der Waals surface area contributed by atoms with Crippen molar-refractivity contribution >= 4 is 15.7 Å². The van der Waals surface area contributed by atoms with Gasteiger partial charge in [0.05, 0.1) is 6.61 Å². The van der Waals surface area contributed by atoms with Crippen LogP contribution in [0.2, 0.25) is 0 Å². The molecule has 6 heteroatoms. The number of fused-ring (bicyclic) bond motifs is 1. The van der Waals surface area contributed by atoms with E-state index in [2.05, 4.69) is 16.4 Å². The zero-order valence-electron chi connectivity index (χ0n) is 12.4. The van der Waals surface area contributed by atoms with Gasteiger partial charge in [0.15, 0.2) is 9.84 Å². The van der Waals surface area contributed by atoms with Crippen molar-refractivity contribution < 1.29 is 13.2 Å². The topological polar surface area (TPSA) is 68.3 Å². The molecule has 0 amide bonds. The van der Waals surface area contributed by atoms with Crippen LogP contribution < -0.4 is 10.1 Å². The summed E-state index contributed by atoms with van der Waals surface area (Å²) in [6.07, 6.45) is 4.53. The molecule has 1 aromatic carbocycles. The average Bonchev–Trinajstić information content (AvgIpc) is 2.94. The quantitative estimate of drug-likeness (QED) is 0.914. The van der Waals surface area contributed by atoms with Crippen LogP contribution in [0.3, 0.4) is 0 Å². The largest absolute Gasteiger partial charge is 0.493 e. The molecule has 0 radical (unpaired) electrons. The third kappa shape index (κ3) is 3.22. The second kappa shape index (κ2) is 5.96. The van der Waals surface area contributed by atoms with E-state index >= 15 is 0 Å². The van der Waals surface area contributed by atoms with E-state index in [9.17, 15) is 8.42 Å². The fourth-order valence-electron chi connectivity index (χ4n) is 2.54. The Labute approximate surface area is 130 Å². The molecule has 1 aliphatic rings. The van der Waals surface area contributed by atoms with Crippen molar-refractivity contribution in [3.05, 3.63) is 47.7 Å². The predicted octanol–water partition coefficient (Wildman–Crippen LogP) is 2.07. The van der Waals surface area contributed by atoms with Gasteiger partial charge < -0.3 is 10.1 Å². The maximum Gasteiger partial charge on any atom is 0.179 e. The van der Waals surface area contributed by atoms with Gasteiger partial charge in [0.25, 0.3) is 0 Å². The maximum atomic E-state index is 11.7. The molecule has 1 aromatic heterocycles. The van der Waals surface area contributed by atoms with Gasteiger partial charge in [-0.1, -0.05) is 12.1 Å². The lowest BCUT2D eigenvalue weighted by molar-refractivity contribution is 0.357.